The minimum absolute atomic E-state index is 0.0130. The number of nitrogens with two attached hydrogens (primary N) is 1. The van der Waals surface area contributed by atoms with E-state index in [0.29, 0.717) is 15.5 Å². The van der Waals surface area contributed by atoms with Gasteiger partial charge in [0.15, 0.2) is 5.78 Å². The van der Waals surface area contributed by atoms with Crippen LogP contribution in [0, 0.1) is 11.3 Å². The van der Waals surface area contributed by atoms with Crippen LogP contribution in [0.3, 0.4) is 0 Å². The molecule has 0 amide bonds. The lowest BCUT2D eigenvalue weighted by Crippen LogP contribution is -2.22. The van der Waals surface area contributed by atoms with Crippen LogP contribution in [0.5, 0.6) is 5.75 Å². The molecule has 1 aliphatic rings. The van der Waals surface area contributed by atoms with Gasteiger partial charge < -0.3 is 10.5 Å². The van der Waals surface area contributed by atoms with E-state index in [1.165, 1.54) is 23.1 Å². The van der Waals surface area contributed by atoms with Crippen molar-refractivity contribution >= 4 is 28.9 Å². The Morgan fingerprint density at radius 3 is 2.61 bits per heavy atom. The largest absolute Gasteiger partial charge is 0.497 e. The molecular formula is C17H14N2O2S2. The van der Waals surface area contributed by atoms with E-state index in [9.17, 15) is 10.1 Å². The maximum Gasteiger partial charge on any atom is 0.187 e. The van der Waals surface area contributed by atoms with Crippen LogP contribution in [0.25, 0.3) is 0 Å². The van der Waals surface area contributed by atoms with Gasteiger partial charge >= 0.3 is 0 Å². The number of nitrogens with zero attached hydrogens (tertiary/aromatic N) is 1. The monoisotopic (exact) mass is 342 g/mol. The highest BCUT2D eigenvalue weighted by molar-refractivity contribution is 8.04. The third kappa shape index (κ3) is 2.85. The number of thiophene rings is 1. The summed E-state index contributed by atoms with van der Waals surface area (Å²) in [6.07, 6.45) is 0. The summed E-state index contributed by atoms with van der Waals surface area (Å²) in [7, 11) is 1.60. The van der Waals surface area contributed by atoms with Gasteiger partial charge in [-0.2, -0.15) is 5.26 Å². The first-order valence-electron chi connectivity index (χ1n) is 6.93. The number of benzene rings is 1. The average Bonchev–Trinajstić information content (AvgIpc) is 3.22. The Kier molecular flexibility index (Phi) is 4.42. The summed E-state index contributed by atoms with van der Waals surface area (Å²) in [5.41, 5.74) is 7.36. The van der Waals surface area contributed by atoms with Crippen molar-refractivity contribution in [2.24, 2.45) is 5.73 Å². The number of ketones is 1. The number of ether oxygens (including phenoxy) is 1. The van der Waals surface area contributed by atoms with Crippen LogP contribution in [0.4, 0.5) is 0 Å². The van der Waals surface area contributed by atoms with Crippen molar-refractivity contribution in [2.45, 2.75) is 11.2 Å². The molecule has 0 unspecified atom stereocenters. The Bertz CT molecular complexity index is 789. The maximum absolute atomic E-state index is 12.8. The first kappa shape index (κ1) is 15.7. The molecule has 0 aliphatic carbocycles. The van der Waals surface area contributed by atoms with E-state index < -0.39 is 5.25 Å². The number of thioether (sulfide) groups is 1. The lowest BCUT2D eigenvalue weighted by atomic mass is 9.87. The Hall–Kier alpha value is -2.23. The zero-order chi connectivity index (χ0) is 16.4. The highest BCUT2D eigenvalue weighted by atomic mass is 32.2. The van der Waals surface area contributed by atoms with E-state index in [4.69, 9.17) is 10.5 Å². The smallest absolute Gasteiger partial charge is 0.187 e. The zero-order valence-corrected chi connectivity index (χ0v) is 14.0. The van der Waals surface area contributed by atoms with E-state index in [1.807, 2.05) is 35.7 Å². The maximum atomic E-state index is 12.8. The highest BCUT2D eigenvalue weighted by Gasteiger charge is 2.41. The number of Topliss-reactive ketones (excluding diaryl/α,β-unsaturated/α-hetero) is 1. The van der Waals surface area contributed by atoms with Gasteiger partial charge in [-0.15, -0.1) is 11.3 Å². The van der Waals surface area contributed by atoms with Crippen molar-refractivity contribution in [2.75, 3.05) is 7.11 Å². The fraction of sp³-hybridized carbons (Fsp3) is 0.176. The second-order valence-electron chi connectivity index (χ2n) is 5.02. The van der Waals surface area contributed by atoms with E-state index in [1.54, 1.807) is 13.2 Å². The SMILES string of the molecule is COc1ccc([C@@H]2C(C#N)=C(N)S[C@H]2C(=O)c2cccs2)cc1. The standard InChI is InChI=1S/C17H14N2O2S2/c1-21-11-6-4-10(5-7-11)14-12(9-18)17(19)23-16(14)15(20)13-3-2-8-22-13/h2-8,14,16H,19H2,1H3/t14-,16-/m1/s1. The molecule has 2 heterocycles. The van der Waals surface area contributed by atoms with Gasteiger partial charge in [-0.25, -0.2) is 0 Å². The van der Waals surface area contributed by atoms with Gasteiger partial charge in [0.2, 0.25) is 0 Å². The normalized spacial score (nSPS) is 20.3. The van der Waals surface area contributed by atoms with Crippen molar-refractivity contribution in [3.8, 4) is 11.8 Å². The molecule has 1 aliphatic heterocycles. The quantitative estimate of drug-likeness (QED) is 0.860. The molecule has 23 heavy (non-hydrogen) atoms. The Morgan fingerprint density at radius 1 is 1.30 bits per heavy atom. The Labute approximate surface area is 142 Å². The molecule has 2 atom stereocenters. The number of hydrogen-bond acceptors (Lipinski definition) is 6. The zero-order valence-electron chi connectivity index (χ0n) is 12.4. The molecule has 116 valence electrons. The van der Waals surface area contributed by atoms with Crippen molar-refractivity contribution in [3.63, 3.8) is 0 Å². The van der Waals surface area contributed by atoms with E-state index in [0.717, 1.165) is 11.3 Å². The van der Waals surface area contributed by atoms with Gasteiger partial charge in [-0.1, -0.05) is 30.0 Å². The topological polar surface area (TPSA) is 76.1 Å². The minimum Gasteiger partial charge on any atom is -0.497 e. The van der Waals surface area contributed by atoms with Gasteiger partial charge in [-0.3, -0.25) is 4.79 Å². The summed E-state index contributed by atoms with van der Waals surface area (Å²) in [5, 5.41) is 11.4. The molecule has 6 heteroatoms. The molecule has 4 nitrogen and oxygen atoms in total. The highest BCUT2D eigenvalue weighted by Crippen LogP contribution is 2.47. The van der Waals surface area contributed by atoms with E-state index in [-0.39, 0.29) is 11.7 Å². The third-order valence-electron chi connectivity index (χ3n) is 3.75. The summed E-state index contributed by atoms with van der Waals surface area (Å²) in [4.78, 5) is 13.5. The predicted octanol–water partition coefficient (Wildman–Crippen LogP) is 3.53. The lowest BCUT2D eigenvalue weighted by molar-refractivity contribution is 0.0989. The average molecular weight is 342 g/mol. The van der Waals surface area contributed by atoms with Crippen LogP contribution >= 0.6 is 23.1 Å². The van der Waals surface area contributed by atoms with Crippen LogP contribution in [-0.4, -0.2) is 18.1 Å². The van der Waals surface area contributed by atoms with Gasteiger partial charge in [0, 0.05) is 5.92 Å². The molecule has 0 saturated heterocycles. The van der Waals surface area contributed by atoms with Crippen molar-refractivity contribution in [1.82, 2.24) is 0 Å². The van der Waals surface area contributed by atoms with Crippen LogP contribution in [0.1, 0.15) is 21.2 Å². The van der Waals surface area contributed by atoms with Crippen LogP contribution in [-0.2, 0) is 0 Å². The molecule has 0 bridgehead atoms. The molecule has 2 N–H and O–H groups in total. The number of methoxy groups -OCH3 is 1. The molecule has 2 aromatic rings. The van der Waals surface area contributed by atoms with Gasteiger partial charge in [0.05, 0.1) is 33.9 Å². The van der Waals surface area contributed by atoms with Crippen LogP contribution < -0.4 is 10.5 Å². The fourth-order valence-corrected chi connectivity index (χ4v) is 4.63. The van der Waals surface area contributed by atoms with Gasteiger partial charge in [0.25, 0.3) is 0 Å². The Balaban J connectivity index is 2.00. The molecule has 0 fully saturated rings. The lowest BCUT2D eigenvalue weighted by Gasteiger charge is -2.18. The number of rotatable bonds is 4. The predicted molar refractivity (Wildman–Crippen MR) is 92.6 cm³/mol. The summed E-state index contributed by atoms with van der Waals surface area (Å²) in [6, 6.07) is 13.3. The van der Waals surface area contributed by atoms with Crippen LogP contribution in [0.2, 0.25) is 0 Å². The molecular weight excluding hydrogens is 328 g/mol. The Morgan fingerprint density at radius 2 is 2.04 bits per heavy atom. The summed E-state index contributed by atoms with van der Waals surface area (Å²) < 4.78 is 5.17. The first-order valence-corrected chi connectivity index (χ1v) is 8.69. The minimum atomic E-state index is -0.406. The number of carbonyl (C=O) groups is 1. The summed E-state index contributed by atoms with van der Waals surface area (Å²) >= 11 is 2.68. The first-order chi connectivity index (χ1) is 11.2. The second-order valence-corrected chi connectivity index (χ2v) is 7.15. The summed E-state index contributed by atoms with van der Waals surface area (Å²) in [6.45, 7) is 0. The molecule has 0 spiro atoms. The van der Waals surface area contributed by atoms with Crippen molar-refractivity contribution in [3.05, 3.63) is 62.8 Å². The number of allylic oxidation sites excluding steroid dienone is 1. The fourth-order valence-electron chi connectivity index (χ4n) is 2.61. The van der Waals surface area contributed by atoms with Crippen LogP contribution in [0.15, 0.2) is 52.4 Å². The molecule has 0 saturated carbocycles. The van der Waals surface area contributed by atoms with E-state index in [2.05, 4.69) is 6.07 Å². The van der Waals surface area contributed by atoms with Gasteiger partial charge in [0.1, 0.15) is 5.75 Å². The molecule has 0 radical (unpaired) electrons. The van der Waals surface area contributed by atoms with Gasteiger partial charge in [-0.05, 0) is 29.1 Å². The third-order valence-corrected chi connectivity index (χ3v) is 5.85. The molecule has 1 aromatic heterocycles. The molecule has 3 rings (SSSR count). The number of nitriles is 1. The van der Waals surface area contributed by atoms with Crippen molar-refractivity contribution < 1.29 is 9.53 Å². The van der Waals surface area contributed by atoms with E-state index >= 15 is 0 Å². The number of carbonyl (C=O) groups excluding carboxylic acids is 1. The number of hydrogen-bond donors (Lipinski definition) is 1. The molecule has 1 aromatic carbocycles. The summed E-state index contributed by atoms with van der Waals surface area (Å²) in [5.74, 6) is 0.417. The van der Waals surface area contributed by atoms with Crippen molar-refractivity contribution in [1.29, 1.82) is 5.26 Å². The second kappa shape index (κ2) is 6.49.